The Morgan fingerprint density at radius 3 is 2.11 bits per heavy atom. The van der Waals surface area contributed by atoms with Crippen molar-refractivity contribution in [2.45, 2.75) is 13.8 Å². The highest BCUT2D eigenvalue weighted by molar-refractivity contribution is 6.06. The molecule has 0 fully saturated rings. The molecular weight excluding hydrogens is 356 g/mol. The molecule has 6 heteroatoms. The van der Waals surface area contributed by atoms with Gasteiger partial charge in [-0.3, -0.25) is 4.79 Å². The number of nitrogens with one attached hydrogen (secondary N) is 1. The molecule has 0 atom stereocenters. The molecule has 28 heavy (non-hydrogen) atoms. The van der Waals surface area contributed by atoms with Gasteiger partial charge >= 0.3 is 0 Å². The molecule has 0 aliphatic rings. The lowest BCUT2D eigenvalue weighted by Crippen LogP contribution is -2.14. The number of hydrogen-bond donors (Lipinski definition) is 1. The number of nitrogens with zero attached hydrogens (tertiary/aromatic N) is 1. The maximum absolute atomic E-state index is 12.9. The van der Waals surface area contributed by atoms with Gasteiger partial charge in [-0.2, -0.15) is 0 Å². The molecule has 0 saturated carbocycles. The van der Waals surface area contributed by atoms with Crippen LogP contribution in [0.3, 0.4) is 0 Å². The minimum atomic E-state index is -0.198. The van der Waals surface area contributed by atoms with Gasteiger partial charge in [-0.25, -0.2) is 0 Å². The molecule has 1 amide bonds. The predicted octanol–water partition coefficient (Wildman–Crippen LogP) is 4.37. The Kier molecular flexibility index (Phi) is 5.59. The molecule has 3 aromatic rings. The number of ether oxygens (including phenoxy) is 3. The molecule has 0 aliphatic heterocycles. The number of anilines is 1. The summed E-state index contributed by atoms with van der Waals surface area (Å²) in [5.74, 6) is 1.79. The Bertz CT molecular complexity index is 991. The Balaban J connectivity index is 1.91. The number of hydrogen-bond acceptors (Lipinski definition) is 4. The van der Waals surface area contributed by atoms with Crippen LogP contribution in [0, 0.1) is 13.8 Å². The second-order valence-corrected chi connectivity index (χ2v) is 6.34. The molecule has 1 aromatic heterocycles. The Hall–Kier alpha value is -3.41. The van der Waals surface area contributed by atoms with Crippen LogP contribution in [-0.2, 0) is 0 Å². The zero-order valence-corrected chi connectivity index (χ0v) is 16.7. The number of aromatic nitrogens is 1. The van der Waals surface area contributed by atoms with Crippen LogP contribution >= 0.6 is 0 Å². The van der Waals surface area contributed by atoms with Crippen molar-refractivity contribution in [1.82, 2.24) is 4.57 Å². The van der Waals surface area contributed by atoms with Crippen molar-refractivity contribution in [3.8, 4) is 22.9 Å². The minimum Gasteiger partial charge on any atom is -0.497 e. The molecule has 0 aliphatic carbocycles. The quantitative estimate of drug-likeness (QED) is 0.690. The van der Waals surface area contributed by atoms with Crippen LogP contribution in [0.1, 0.15) is 21.7 Å². The summed E-state index contributed by atoms with van der Waals surface area (Å²) in [6, 6.07) is 14.9. The van der Waals surface area contributed by atoms with E-state index in [0.717, 1.165) is 22.8 Å². The second-order valence-electron chi connectivity index (χ2n) is 6.34. The Morgan fingerprint density at radius 1 is 0.857 bits per heavy atom. The number of carbonyl (C=O) groups is 1. The molecule has 0 saturated heterocycles. The summed E-state index contributed by atoms with van der Waals surface area (Å²) in [4.78, 5) is 12.9. The van der Waals surface area contributed by atoms with Crippen molar-refractivity contribution in [3.05, 3.63) is 65.5 Å². The van der Waals surface area contributed by atoms with Gasteiger partial charge in [-0.1, -0.05) is 0 Å². The lowest BCUT2D eigenvalue weighted by atomic mass is 10.2. The average molecular weight is 380 g/mol. The van der Waals surface area contributed by atoms with Gasteiger partial charge in [0.15, 0.2) is 0 Å². The summed E-state index contributed by atoms with van der Waals surface area (Å²) in [6.45, 7) is 3.90. The van der Waals surface area contributed by atoms with E-state index in [2.05, 4.69) is 5.32 Å². The summed E-state index contributed by atoms with van der Waals surface area (Å²) in [5, 5.41) is 2.93. The van der Waals surface area contributed by atoms with Crippen LogP contribution in [0.15, 0.2) is 48.5 Å². The fourth-order valence-electron chi connectivity index (χ4n) is 3.21. The minimum absolute atomic E-state index is 0.198. The van der Waals surface area contributed by atoms with Crippen molar-refractivity contribution in [2.75, 3.05) is 26.6 Å². The molecule has 1 heterocycles. The third kappa shape index (κ3) is 3.67. The second kappa shape index (κ2) is 8.08. The van der Waals surface area contributed by atoms with Crippen LogP contribution < -0.4 is 19.5 Å². The molecule has 0 radical (unpaired) electrons. The van der Waals surface area contributed by atoms with Gasteiger partial charge in [-0.15, -0.1) is 0 Å². The lowest BCUT2D eigenvalue weighted by molar-refractivity contribution is 0.102. The van der Waals surface area contributed by atoms with E-state index in [-0.39, 0.29) is 5.91 Å². The molecule has 2 aromatic carbocycles. The topological polar surface area (TPSA) is 61.7 Å². The summed E-state index contributed by atoms with van der Waals surface area (Å²) in [5.41, 5.74) is 3.98. The van der Waals surface area contributed by atoms with Crippen molar-refractivity contribution in [3.63, 3.8) is 0 Å². The molecule has 0 bridgehead atoms. The van der Waals surface area contributed by atoms with Gasteiger partial charge in [0.05, 0.1) is 32.6 Å². The van der Waals surface area contributed by atoms with Crippen LogP contribution in [-0.4, -0.2) is 31.8 Å². The first-order valence-electron chi connectivity index (χ1n) is 8.85. The van der Waals surface area contributed by atoms with Crippen LogP contribution in [0.25, 0.3) is 5.69 Å². The summed E-state index contributed by atoms with van der Waals surface area (Å²) in [7, 11) is 4.78. The highest BCUT2D eigenvalue weighted by Gasteiger charge is 2.18. The fraction of sp³-hybridized carbons (Fsp3) is 0.227. The zero-order valence-electron chi connectivity index (χ0n) is 16.7. The third-order valence-corrected chi connectivity index (χ3v) is 4.66. The van der Waals surface area contributed by atoms with Gasteiger partial charge in [0.2, 0.25) is 0 Å². The molecule has 1 N–H and O–H groups in total. The standard InChI is InChI=1S/C22H24N2O4/c1-14-12-19(15(2)24(14)16-6-8-17(26-3)9-7-16)22(25)23-20-11-10-18(27-4)13-21(20)28-5/h6-13H,1-5H3,(H,23,25). The number of carbonyl (C=O) groups excluding carboxylic acids is 1. The van der Waals surface area contributed by atoms with E-state index in [1.165, 1.54) is 0 Å². The molecule has 0 spiro atoms. The van der Waals surface area contributed by atoms with Crippen molar-refractivity contribution in [1.29, 1.82) is 0 Å². The first-order chi connectivity index (χ1) is 13.5. The highest BCUT2D eigenvalue weighted by Crippen LogP contribution is 2.30. The van der Waals surface area contributed by atoms with Crippen LogP contribution in [0.5, 0.6) is 17.2 Å². The summed E-state index contributed by atoms with van der Waals surface area (Å²) >= 11 is 0. The molecule has 3 rings (SSSR count). The van der Waals surface area contributed by atoms with Crippen LogP contribution in [0.4, 0.5) is 5.69 Å². The number of amides is 1. The van der Waals surface area contributed by atoms with Gasteiger partial charge in [0, 0.05) is 23.1 Å². The van der Waals surface area contributed by atoms with Crippen molar-refractivity contribution >= 4 is 11.6 Å². The van der Waals surface area contributed by atoms with Gasteiger partial charge in [0.25, 0.3) is 5.91 Å². The Labute approximate surface area is 164 Å². The SMILES string of the molecule is COc1ccc(-n2c(C)cc(C(=O)Nc3ccc(OC)cc3OC)c2C)cc1. The maximum Gasteiger partial charge on any atom is 0.257 e. The third-order valence-electron chi connectivity index (χ3n) is 4.66. The van der Waals surface area contributed by atoms with E-state index in [1.807, 2.05) is 48.7 Å². The van der Waals surface area contributed by atoms with Crippen LogP contribution in [0.2, 0.25) is 0 Å². The summed E-state index contributed by atoms with van der Waals surface area (Å²) < 4.78 is 17.8. The fourth-order valence-corrected chi connectivity index (χ4v) is 3.21. The first-order valence-corrected chi connectivity index (χ1v) is 8.85. The van der Waals surface area contributed by atoms with Crippen molar-refractivity contribution < 1.29 is 19.0 Å². The van der Waals surface area contributed by atoms with E-state index in [1.54, 1.807) is 39.5 Å². The zero-order chi connectivity index (χ0) is 20.3. The van der Waals surface area contributed by atoms with E-state index in [4.69, 9.17) is 14.2 Å². The molecule has 146 valence electrons. The largest absolute Gasteiger partial charge is 0.497 e. The predicted molar refractivity (Wildman–Crippen MR) is 109 cm³/mol. The monoisotopic (exact) mass is 380 g/mol. The van der Waals surface area contributed by atoms with E-state index in [9.17, 15) is 4.79 Å². The van der Waals surface area contributed by atoms with Gasteiger partial charge in [-0.05, 0) is 56.3 Å². The molecule has 6 nitrogen and oxygen atoms in total. The van der Waals surface area contributed by atoms with Gasteiger partial charge in [0.1, 0.15) is 17.2 Å². The number of benzene rings is 2. The van der Waals surface area contributed by atoms with Gasteiger partial charge < -0.3 is 24.1 Å². The van der Waals surface area contributed by atoms with Crippen molar-refractivity contribution in [2.24, 2.45) is 0 Å². The average Bonchev–Trinajstić information content (AvgIpc) is 3.02. The number of rotatable bonds is 6. The number of aryl methyl sites for hydroxylation is 1. The Morgan fingerprint density at radius 2 is 1.50 bits per heavy atom. The highest BCUT2D eigenvalue weighted by atomic mass is 16.5. The smallest absolute Gasteiger partial charge is 0.257 e. The lowest BCUT2D eigenvalue weighted by Gasteiger charge is -2.12. The molecular formula is C22H24N2O4. The van der Waals surface area contributed by atoms with E-state index < -0.39 is 0 Å². The maximum atomic E-state index is 12.9. The molecule has 0 unspecified atom stereocenters. The number of methoxy groups -OCH3 is 3. The van der Waals surface area contributed by atoms with E-state index in [0.29, 0.717) is 22.7 Å². The first kappa shape index (κ1) is 19.4. The summed E-state index contributed by atoms with van der Waals surface area (Å²) in [6.07, 6.45) is 0. The normalized spacial score (nSPS) is 10.5. The van der Waals surface area contributed by atoms with E-state index >= 15 is 0 Å².